The van der Waals surface area contributed by atoms with Crippen LogP contribution in [0.4, 0.5) is 4.39 Å². The van der Waals surface area contributed by atoms with E-state index in [1.54, 1.807) is 25.3 Å². The van der Waals surface area contributed by atoms with Crippen LogP contribution in [0.1, 0.15) is 16.7 Å². The first-order valence-electron chi connectivity index (χ1n) is 10.0. The van der Waals surface area contributed by atoms with Crippen molar-refractivity contribution >= 4 is 23.3 Å². The Hall–Kier alpha value is -3.02. The lowest BCUT2D eigenvalue weighted by atomic mass is 10.1. The van der Waals surface area contributed by atoms with E-state index in [9.17, 15) is 4.39 Å². The number of halogens is 2. The van der Waals surface area contributed by atoms with E-state index < -0.39 is 0 Å². The maximum Gasteiger partial charge on any atom is 0.161 e. The predicted octanol–water partition coefficient (Wildman–Crippen LogP) is 5.65. The molecule has 1 aromatic heterocycles. The lowest BCUT2D eigenvalue weighted by Gasteiger charge is -2.13. The standard InChI is InChI=1S/C25H25FN2O2.ClH/c1-29-25-14-18(10-11-24(25)30-17-20-6-2-4-8-22(20)26)15-27-13-12-19-16-28-23-9-5-3-7-21(19)23;/h2-11,14,16,27-28H,12-13,15,17H2,1H3;1H. The monoisotopic (exact) mass is 440 g/mol. The van der Waals surface area contributed by atoms with E-state index in [0.717, 1.165) is 25.1 Å². The normalized spacial score (nSPS) is 10.6. The van der Waals surface area contributed by atoms with E-state index in [1.165, 1.54) is 22.5 Å². The maximum absolute atomic E-state index is 13.8. The van der Waals surface area contributed by atoms with Gasteiger partial charge in [-0.1, -0.05) is 42.5 Å². The number of hydrogen-bond donors (Lipinski definition) is 2. The van der Waals surface area contributed by atoms with Gasteiger partial charge in [-0.15, -0.1) is 12.4 Å². The lowest BCUT2D eigenvalue weighted by molar-refractivity contribution is 0.279. The first kappa shape index (κ1) is 22.7. The number of H-pyrrole nitrogens is 1. The number of benzene rings is 3. The van der Waals surface area contributed by atoms with Crippen LogP contribution >= 0.6 is 12.4 Å². The number of rotatable bonds is 9. The summed E-state index contributed by atoms with van der Waals surface area (Å²) in [5, 5.41) is 4.76. The van der Waals surface area contributed by atoms with Crippen molar-refractivity contribution in [3.05, 3.63) is 95.4 Å². The molecule has 0 atom stereocenters. The van der Waals surface area contributed by atoms with Crippen molar-refractivity contribution in [3.63, 3.8) is 0 Å². The first-order chi connectivity index (χ1) is 14.7. The number of aromatic nitrogens is 1. The van der Waals surface area contributed by atoms with Crippen LogP contribution in [0.15, 0.2) is 72.9 Å². The van der Waals surface area contributed by atoms with Crippen molar-refractivity contribution in [3.8, 4) is 11.5 Å². The van der Waals surface area contributed by atoms with E-state index in [2.05, 4.69) is 34.7 Å². The molecular formula is C25H26ClFN2O2. The fraction of sp³-hybridized carbons (Fsp3) is 0.200. The second-order valence-electron chi connectivity index (χ2n) is 7.15. The molecule has 0 bridgehead atoms. The summed E-state index contributed by atoms with van der Waals surface area (Å²) in [4.78, 5) is 3.31. The third kappa shape index (κ3) is 5.57. The molecule has 0 unspecified atom stereocenters. The summed E-state index contributed by atoms with van der Waals surface area (Å²) in [7, 11) is 1.61. The summed E-state index contributed by atoms with van der Waals surface area (Å²) in [6, 6.07) is 20.8. The smallest absolute Gasteiger partial charge is 0.161 e. The summed E-state index contributed by atoms with van der Waals surface area (Å²) >= 11 is 0. The van der Waals surface area contributed by atoms with E-state index in [1.807, 2.05) is 24.3 Å². The van der Waals surface area contributed by atoms with Crippen LogP contribution in [0.2, 0.25) is 0 Å². The number of fused-ring (bicyclic) bond motifs is 1. The van der Waals surface area contributed by atoms with Gasteiger partial charge in [-0.3, -0.25) is 0 Å². The first-order valence-corrected chi connectivity index (χ1v) is 10.0. The zero-order valence-electron chi connectivity index (χ0n) is 17.4. The number of nitrogens with one attached hydrogen (secondary N) is 2. The summed E-state index contributed by atoms with van der Waals surface area (Å²) in [5.74, 6) is 0.970. The van der Waals surface area contributed by atoms with Gasteiger partial charge in [0.15, 0.2) is 11.5 Å². The lowest BCUT2D eigenvalue weighted by Crippen LogP contribution is -2.16. The Bertz CT molecular complexity index is 1130. The van der Waals surface area contributed by atoms with Gasteiger partial charge >= 0.3 is 0 Å². The Kier molecular flexibility index (Phi) is 7.93. The van der Waals surface area contributed by atoms with E-state index in [0.29, 0.717) is 17.1 Å². The van der Waals surface area contributed by atoms with E-state index in [4.69, 9.17) is 9.47 Å². The Morgan fingerprint density at radius 3 is 2.58 bits per heavy atom. The molecule has 0 amide bonds. The SMILES string of the molecule is COc1cc(CNCCc2c[nH]c3ccccc23)ccc1OCc1ccccc1F.Cl. The van der Waals surface area contributed by atoms with Crippen molar-refractivity contribution < 1.29 is 13.9 Å². The van der Waals surface area contributed by atoms with Crippen LogP contribution in [0.5, 0.6) is 11.5 Å². The largest absolute Gasteiger partial charge is 0.493 e. The molecule has 4 aromatic rings. The van der Waals surface area contributed by atoms with Gasteiger partial charge in [0.1, 0.15) is 12.4 Å². The van der Waals surface area contributed by atoms with Gasteiger partial charge in [0, 0.05) is 29.2 Å². The number of aromatic amines is 1. The van der Waals surface area contributed by atoms with Crippen molar-refractivity contribution in [1.82, 2.24) is 10.3 Å². The molecule has 4 rings (SSSR count). The maximum atomic E-state index is 13.8. The molecule has 0 aliphatic carbocycles. The van der Waals surface area contributed by atoms with Crippen molar-refractivity contribution in [2.75, 3.05) is 13.7 Å². The molecule has 0 radical (unpaired) electrons. The van der Waals surface area contributed by atoms with Crippen LogP contribution in [0.25, 0.3) is 10.9 Å². The number of ether oxygens (including phenoxy) is 2. The van der Waals surface area contributed by atoms with Gasteiger partial charge in [-0.25, -0.2) is 4.39 Å². The number of para-hydroxylation sites is 1. The van der Waals surface area contributed by atoms with Gasteiger partial charge in [-0.2, -0.15) is 0 Å². The highest BCUT2D eigenvalue weighted by Crippen LogP contribution is 2.29. The molecule has 0 saturated heterocycles. The van der Waals surface area contributed by atoms with Gasteiger partial charge < -0.3 is 19.8 Å². The van der Waals surface area contributed by atoms with Crippen molar-refractivity contribution in [1.29, 1.82) is 0 Å². The average Bonchev–Trinajstić information content (AvgIpc) is 3.19. The second-order valence-corrected chi connectivity index (χ2v) is 7.15. The minimum Gasteiger partial charge on any atom is -0.493 e. The molecule has 0 spiro atoms. The summed E-state index contributed by atoms with van der Waals surface area (Å²) in [6.45, 7) is 1.76. The highest BCUT2D eigenvalue weighted by molar-refractivity contribution is 5.85. The second kappa shape index (κ2) is 10.8. The van der Waals surface area contributed by atoms with Crippen molar-refractivity contribution in [2.45, 2.75) is 19.6 Å². The molecule has 2 N–H and O–H groups in total. The Balaban J connectivity index is 0.00000272. The van der Waals surface area contributed by atoms with Crippen LogP contribution in [-0.2, 0) is 19.6 Å². The van der Waals surface area contributed by atoms with Crippen LogP contribution < -0.4 is 14.8 Å². The molecule has 162 valence electrons. The van der Waals surface area contributed by atoms with Gasteiger partial charge in [0.05, 0.1) is 7.11 Å². The van der Waals surface area contributed by atoms with Gasteiger partial charge in [0.2, 0.25) is 0 Å². The fourth-order valence-electron chi connectivity index (χ4n) is 3.51. The highest BCUT2D eigenvalue weighted by atomic mass is 35.5. The van der Waals surface area contributed by atoms with Gasteiger partial charge in [-0.05, 0) is 48.4 Å². The molecule has 0 aliphatic rings. The molecule has 0 aliphatic heterocycles. The topological polar surface area (TPSA) is 46.3 Å². The molecule has 0 fully saturated rings. The van der Waals surface area contributed by atoms with Crippen LogP contribution in [-0.4, -0.2) is 18.6 Å². The summed E-state index contributed by atoms with van der Waals surface area (Å²) in [5.41, 5.74) is 4.10. The molecule has 1 heterocycles. The van der Waals surface area contributed by atoms with Crippen LogP contribution in [0, 0.1) is 5.82 Å². The molecular weight excluding hydrogens is 415 g/mol. The minimum atomic E-state index is -0.271. The summed E-state index contributed by atoms with van der Waals surface area (Å²) < 4.78 is 25.0. The van der Waals surface area contributed by atoms with Crippen molar-refractivity contribution in [2.24, 2.45) is 0 Å². The van der Waals surface area contributed by atoms with E-state index in [-0.39, 0.29) is 24.8 Å². The molecule has 0 saturated carbocycles. The fourth-order valence-corrected chi connectivity index (χ4v) is 3.51. The zero-order valence-corrected chi connectivity index (χ0v) is 18.2. The quantitative estimate of drug-likeness (QED) is 0.331. The molecule has 31 heavy (non-hydrogen) atoms. The molecule has 3 aromatic carbocycles. The third-order valence-electron chi connectivity index (χ3n) is 5.14. The zero-order chi connectivity index (χ0) is 20.8. The highest BCUT2D eigenvalue weighted by Gasteiger charge is 2.08. The van der Waals surface area contributed by atoms with E-state index >= 15 is 0 Å². The Morgan fingerprint density at radius 1 is 0.935 bits per heavy atom. The Morgan fingerprint density at radius 2 is 1.74 bits per heavy atom. The number of hydrogen-bond acceptors (Lipinski definition) is 3. The predicted molar refractivity (Wildman–Crippen MR) is 125 cm³/mol. The van der Waals surface area contributed by atoms with Crippen LogP contribution in [0.3, 0.4) is 0 Å². The molecule has 4 nitrogen and oxygen atoms in total. The van der Waals surface area contributed by atoms with Gasteiger partial charge in [0.25, 0.3) is 0 Å². The summed E-state index contributed by atoms with van der Waals surface area (Å²) in [6.07, 6.45) is 3.03. The number of methoxy groups -OCH3 is 1. The molecule has 6 heteroatoms. The Labute approximate surface area is 187 Å². The minimum absolute atomic E-state index is 0. The third-order valence-corrected chi connectivity index (χ3v) is 5.14. The average molecular weight is 441 g/mol.